The summed E-state index contributed by atoms with van der Waals surface area (Å²) in [5, 5.41) is 10.6. The van der Waals surface area contributed by atoms with Crippen molar-refractivity contribution in [1.29, 1.82) is 0 Å². The van der Waals surface area contributed by atoms with Gasteiger partial charge in [0.25, 0.3) is 5.91 Å². The van der Waals surface area contributed by atoms with Crippen molar-refractivity contribution in [1.82, 2.24) is 5.06 Å². The molecule has 3 rings (SSSR count). The number of hydroxylamine groups is 2. The summed E-state index contributed by atoms with van der Waals surface area (Å²) in [6, 6.07) is 6.02. The van der Waals surface area contributed by atoms with Gasteiger partial charge in [-0.3, -0.25) is 9.63 Å². The van der Waals surface area contributed by atoms with Gasteiger partial charge in [-0.15, -0.1) is 0 Å². The average molecular weight is 251 g/mol. The van der Waals surface area contributed by atoms with E-state index in [0.29, 0.717) is 0 Å². The van der Waals surface area contributed by atoms with Crippen molar-refractivity contribution in [3.05, 3.63) is 35.6 Å². The summed E-state index contributed by atoms with van der Waals surface area (Å²) in [4.78, 5) is 17.5. The van der Waals surface area contributed by atoms with Gasteiger partial charge >= 0.3 is 0 Å². The number of halogens is 1. The summed E-state index contributed by atoms with van der Waals surface area (Å²) in [5.41, 5.74) is 0.247. The monoisotopic (exact) mass is 251 g/mol. The standard InChI is InChI=1S/C13H14FNO3/c14-10-3-1-9(2-4-10)13(5-6-13)12(17)15-7-11(16)8-18-15/h1-4,11,16H,5-8H2/t11-/m1/s1. The number of aliphatic hydroxyl groups excluding tert-OH is 1. The molecule has 1 atom stereocenters. The van der Waals surface area contributed by atoms with Crippen LogP contribution in [0.15, 0.2) is 24.3 Å². The number of benzene rings is 1. The Kier molecular flexibility index (Phi) is 2.60. The van der Waals surface area contributed by atoms with Crippen molar-refractivity contribution in [2.45, 2.75) is 24.4 Å². The first-order chi connectivity index (χ1) is 8.62. The number of aliphatic hydroxyl groups is 1. The molecule has 96 valence electrons. The van der Waals surface area contributed by atoms with Gasteiger partial charge in [0.1, 0.15) is 12.4 Å². The maximum absolute atomic E-state index is 12.9. The zero-order chi connectivity index (χ0) is 12.8. The molecule has 5 heteroatoms. The normalized spacial score (nSPS) is 25.2. The van der Waals surface area contributed by atoms with Crippen LogP contribution in [-0.2, 0) is 15.0 Å². The van der Waals surface area contributed by atoms with E-state index in [1.54, 1.807) is 12.1 Å². The Balaban J connectivity index is 1.82. The zero-order valence-corrected chi connectivity index (χ0v) is 9.80. The molecule has 0 radical (unpaired) electrons. The zero-order valence-electron chi connectivity index (χ0n) is 9.80. The Labute approximate surface area is 104 Å². The molecule has 1 heterocycles. The molecular formula is C13H14FNO3. The molecule has 4 nitrogen and oxygen atoms in total. The lowest BCUT2D eigenvalue weighted by Gasteiger charge is -2.21. The lowest BCUT2D eigenvalue weighted by atomic mass is 9.95. The van der Waals surface area contributed by atoms with Gasteiger partial charge in [-0.2, -0.15) is 0 Å². The molecule has 1 aromatic rings. The molecule has 0 aromatic heterocycles. The van der Waals surface area contributed by atoms with Crippen LogP contribution in [0.2, 0.25) is 0 Å². The molecular weight excluding hydrogens is 237 g/mol. The molecule has 1 saturated heterocycles. The van der Waals surface area contributed by atoms with Crippen molar-refractivity contribution >= 4 is 5.91 Å². The summed E-state index contributed by atoms with van der Waals surface area (Å²) >= 11 is 0. The predicted molar refractivity (Wildman–Crippen MR) is 61.0 cm³/mol. The van der Waals surface area contributed by atoms with Crippen LogP contribution in [0.25, 0.3) is 0 Å². The van der Waals surface area contributed by atoms with E-state index < -0.39 is 11.5 Å². The lowest BCUT2D eigenvalue weighted by Crippen LogP contribution is -2.37. The minimum Gasteiger partial charge on any atom is -0.389 e. The highest BCUT2D eigenvalue weighted by atomic mass is 19.1. The second-order valence-corrected chi connectivity index (χ2v) is 4.90. The highest BCUT2D eigenvalue weighted by molar-refractivity contribution is 5.90. The second-order valence-electron chi connectivity index (χ2n) is 4.90. The minimum atomic E-state index is -0.613. The quantitative estimate of drug-likeness (QED) is 0.852. The van der Waals surface area contributed by atoms with Gasteiger partial charge in [0.2, 0.25) is 0 Å². The summed E-state index contributed by atoms with van der Waals surface area (Å²) in [5.74, 6) is -0.444. The fraction of sp³-hybridized carbons (Fsp3) is 0.462. The van der Waals surface area contributed by atoms with Crippen LogP contribution < -0.4 is 0 Å². The molecule has 0 unspecified atom stereocenters. The van der Waals surface area contributed by atoms with Crippen LogP contribution in [-0.4, -0.2) is 35.3 Å². The lowest BCUT2D eigenvalue weighted by molar-refractivity contribution is -0.171. The minimum absolute atomic E-state index is 0.134. The Morgan fingerprint density at radius 1 is 1.39 bits per heavy atom. The van der Waals surface area contributed by atoms with E-state index in [9.17, 15) is 14.3 Å². The van der Waals surface area contributed by atoms with E-state index >= 15 is 0 Å². The van der Waals surface area contributed by atoms with Crippen LogP contribution in [0.1, 0.15) is 18.4 Å². The molecule has 1 N–H and O–H groups in total. The van der Waals surface area contributed by atoms with Crippen molar-refractivity contribution in [3.63, 3.8) is 0 Å². The van der Waals surface area contributed by atoms with E-state index in [4.69, 9.17) is 4.84 Å². The van der Waals surface area contributed by atoms with Crippen LogP contribution in [0, 0.1) is 5.82 Å². The summed E-state index contributed by atoms with van der Waals surface area (Å²) in [7, 11) is 0. The SMILES string of the molecule is O=C(N1C[C@@H](O)CO1)C1(c2ccc(F)cc2)CC1. The Morgan fingerprint density at radius 3 is 2.56 bits per heavy atom. The molecule has 1 aliphatic heterocycles. The number of hydrogen-bond donors (Lipinski definition) is 1. The van der Waals surface area contributed by atoms with Crippen LogP contribution in [0.3, 0.4) is 0 Å². The van der Waals surface area contributed by atoms with Gasteiger partial charge in [-0.1, -0.05) is 12.1 Å². The van der Waals surface area contributed by atoms with Crippen molar-refractivity contribution in [2.24, 2.45) is 0 Å². The number of carbonyl (C=O) groups is 1. The predicted octanol–water partition coefficient (Wildman–Crippen LogP) is 0.992. The van der Waals surface area contributed by atoms with Gasteiger partial charge in [0.05, 0.1) is 18.1 Å². The van der Waals surface area contributed by atoms with Crippen LogP contribution >= 0.6 is 0 Å². The molecule has 1 aromatic carbocycles. The molecule has 18 heavy (non-hydrogen) atoms. The number of carbonyl (C=O) groups excluding carboxylic acids is 1. The van der Waals surface area contributed by atoms with E-state index in [1.165, 1.54) is 17.2 Å². The highest BCUT2D eigenvalue weighted by Crippen LogP contribution is 2.49. The molecule has 0 spiro atoms. The van der Waals surface area contributed by atoms with Gasteiger partial charge in [0.15, 0.2) is 0 Å². The molecule has 2 aliphatic rings. The Hall–Kier alpha value is -1.46. The molecule has 1 aliphatic carbocycles. The number of amides is 1. The number of nitrogens with zero attached hydrogens (tertiary/aromatic N) is 1. The molecule has 0 bridgehead atoms. The van der Waals surface area contributed by atoms with E-state index in [0.717, 1.165) is 18.4 Å². The van der Waals surface area contributed by atoms with Gasteiger partial charge in [-0.25, -0.2) is 9.45 Å². The first-order valence-corrected chi connectivity index (χ1v) is 6.01. The maximum Gasteiger partial charge on any atom is 0.256 e. The smallest absolute Gasteiger partial charge is 0.256 e. The third kappa shape index (κ3) is 1.79. The molecule has 1 saturated carbocycles. The first kappa shape index (κ1) is 11.6. The summed E-state index contributed by atoms with van der Waals surface area (Å²) < 4.78 is 12.9. The van der Waals surface area contributed by atoms with Gasteiger partial charge in [0, 0.05) is 0 Å². The molecule has 1 amide bonds. The first-order valence-electron chi connectivity index (χ1n) is 6.01. The van der Waals surface area contributed by atoms with Crippen LogP contribution in [0.4, 0.5) is 4.39 Å². The molecule has 2 fully saturated rings. The Bertz CT molecular complexity index is 470. The number of rotatable bonds is 2. The van der Waals surface area contributed by atoms with E-state index in [2.05, 4.69) is 0 Å². The number of hydrogen-bond acceptors (Lipinski definition) is 3. The summed E-state index contributed by atoms with van der Waals surface area (Å²) in [6.07, 6.45) is 0.874. The maximum atomic E-state index is 12.9. The van der Waals surface area contributed by atoms with Crippen molar-refractivity contribution < 1.29 is 19.1 Å². The Morgan fingerprint density at radius 2 is 2.06 bits per heavy atom. The van der Waals surface area contributed by atoms with E-state index in [1.807, 2.05) is 0 Å². The summed E-state index contributed by atoms with van der Waals surface area (Å²) in [6.45, 7) is 0.368. The van der Waals surface area contributed by atoms with Crippen LogP contribution in [0.5, 0.6) is 0 Å². The third-order valence-corrected chi connectivity index (χ3v) is 3.58. The fourth-order valence-electron chi connectivity index (χ4n) is 2.37. The number of β-amino-alcohol motifs (C(OH)–C–C–N with tert-alkyl or cyclic N) is 1. The van der Waals surface area contributed by atoms with Gasteiger partial charge in [-0.05, 0) is 30.5 Å². The third-order valence-electron chi connectivity index (χ3n) is 3.58. The second kappa shape index (κ2) is 4.03. The topological polar surface area (TPSA) is 49.8 Å². The largest absolute Gasteiger partial charge is 0.389 e. The van der Waals surface area contributed by atoms with Gasteiger partial charge < -0.3 is 5.11 Å². The average Bonchev–Trinajstić information content (AvgIpc) is 3.06. The highest BCUT2D eigenvalue weighted by Gasteiger charge is 2.54. The fourth-order valence-corrected chi connectivity index (χ4v) is 2.37. The van der Waals surface area contributed by atoms with E-state index in [-0.39, 0.29) is 24.9 Å². The van der Waals surface area contributed by atoms with Crippen molar-refractivity contribution in [3.8, 4) is 0 Å². The van der Waals surface area contributed by atoms with Crippen molar-refractivity contribution in [2.75, 3.05) is 13.2 Å².